The molecule has 34 heavy (non-hydrogen) atoms. The van der Waals surface area contributed by atoms with Gasteiger partial charge < -0.3 is 15.6 Å². The van der Waals surface area contributed by atoms with Gasteiger partial charge in [0.1, 0.15) is 23.5 Å². The number of anilines is 2. The number of nitrogen functional groups attached to an aromatic ring is 1. The number of aryl methyl sites for hydroxylation is 2. The van der Waals surface area contributed by atoms with Gasteiger partial charge in [0.05, 0.1) is 11.7 Å². The van der Waals surface area contributed by atoms with Crippen LogP contribution in [0.2, 0.25) is 5.02 Å². The summed E-state index contributed by atoms with van der Waals surface area (Å²) >= 11 is 6.17. The molecule has 12 heteroatoms. The van der Waals surface area contributed by atoms with Gasteiger partial charge in [0.25, 0.3) is 11.4 Å². The number of nitrogens with one attached hydrogen (secondary N) is 2. The van der Waals surface area contributed by atoms with Crippen LogP contribution in [0.25, 0.3) is 28.0 Å². The van der Waals surface area contributed by atoms with Crippen molar-refractivity contribution in [1.29, 1.82) is 0 Å². The Balaban J connectivity index is 1.66. The van der Waals surface area contributed by atoms with Crippen LogP contribution >= 0.6 is 11.6 Å². The number of fused-ring (bicyclic) bond motifs is 1. The first-order valence-corrected chi connectivity index (χ1v) is 10.7. The van der Waals surface area contributed by atoms with Gasteiger partial charge in [0.2, 0.25) is 0 Å². The Bertz CT molecular complexity index is 1590. The summed E-state index contributed by atoms with van der Waals surface area (Å²) in [5.74, 6) is 1.67. The Hall–Kier alpha value is -4.25. The molecule has 4 aromatic heterocycles. The maximum atomic E-state index is 13.6. The average molecular weight is 478 g/mol. The van der Waals surface area contributed by atoms with Crippen molar-refractivity contribution >= 4 is 34.0 Å². The minimum absolute atomic E-state index is 0.182. The fraction of sp³-hybridized carbons (Fsp3) is 0.182. The summed E-state index contributed by atoms with van der Waals surface area (Å²) in [4.78, 5) is 26.2. The van der Waals surface area contributed by atoms with Crippen LogP contribution < -0.4 is 16.6 Å². The van der Waals surface area contributed by atoms with Crippen LogP contribution in [-0.4, -0.2) is 34.9 Å². The smallest absolute Gasteiger partial charge is 0.265 e. The Morgan fingerprint density at radius 2 is 2.03 bits per heavy atom. The number of halogens is 1. The van der Waals surface area contributed by atoms with Gasteiger partial charge in [-0.3, -0.25) is 14.5 Å². The molecule has 5 aromatic rings. The summed E-state index contributed by atoms with van der Waals surface area (Å²) in [6.45, 7) is 5.46. The molecule has 11 nitrogen and oxygen atoms in total. The summed E-state index contributed by atoms with van der Waals surface area (Å²) in [5.41, 5.74) is 7.72. The van der Waals surface area contributed by atoms with Crippen LogP contribution in [0.1, 0.15) is 30.2 Å². The van der Waals surface area contributed by atoms with Crippen LogP contribution in [0.5, 0.6) is 0 Å². The number of pyridine rings is 1. The lowest BCUT2D eigenvalue weighted by Crippen LogP contribution is -2.26. The fourth-order valence-corrected chi connectivity index (χ4v) is 3.94. The van der Waals surface area contributed by atoms with Crippen molar-refractivity contribution in [2.75, 3.05) is 11.1 Å². The van der Waals surface area contributed by atoms with E-state index in [0.29, 0.717) is 39.1 Å². The van der Waals surface area contributed by atoms with Gasteiger partial charge in [-0.15, -0.1) is 0 Å². The summed E-state index contributed by atoms with van der Waals surface area (Å²) in [6, 6.07) is 8.50. The number of aromatic amines is 1. The van der Waals surface area contributed by atoms with E-state index >= 15 is 0 Å². The van der Waals surface area contributed by atoms with Gasteiger partial charge in [-0.2, -0.15) is 10.1 Å². The maximum absolute atomic E-state index is 13.6. The summed E-state index contributed by atoms with van der Waals surface area (Å²) in [5, 5.41) is 16.0. The van der Waals surface area contributed by atoms with Crippen LogP contribution in [0.15, 0.2) is 46.0 Å². The molecule has 0 aliphatic heterocycles. The zero-order valence-electron chi connectivity index (χ0n) is 18.5. The summed E-state index contributed by atoms with van der Waals surface area (Å²) in [6.07, 6.45) is 1.34. The minimum Gasteiger partial charge on any atom is -0.383 e. The van der Waals surface area contributed by atoms with E-state index in [2.05, 4.69) is 35.6 Å². The molecule has 0 radical (unpaired) electrons. The van der Waals surface area contributed by atoms with E-state index in [9.17, 15) is 4.79 Å². The molecular formula is C22H20ClN9O2. The van der Waals surface area contributed by atoms with Gasteiger partial charge in [0, 0.05) is 22.2 Å². The van der Waals surface area contributed by atoms with Crippen LogP contribution in [0.3, 0.4) is 0 Å². The highest BCUT2D eigenvalue weighted by Crippen LogP contribution is 2.32. The number of nitrogens with zero attached hydrogens (tertiary/aromatic N) is 6. The highest BCUT2D eigenvalue weighted by molar-refractivity contribution is 6.31. The van der Waals surface area contributed by atoms with Crippen molar-refractivity contribution in [3.8, 4) is 17.3 Å². The molecule has 0 spiro atoms. The monoisotopic (exact) mass is 477 g/mol. The third-order valence-electron chi connectivity index (χ3n) is 5.35. The second kappa shape index (κ2) is 8.27. The number of hydrogen-bond acceptors (Lipinski definition) is 9. The number of hydrogen-bond donors (Lipinski definition) is 3. The number of rotatable bonds is 5. The Morgan fingerprint density at radius 3 is 2.74 bits per heavy atom. The van der Waals surface area contributed by atoms with Gasteiger partial charge in [-0.1, -0.05) is 22.8 Å². The molecule has 5 rings (SSSR count). The molecule has 0 saturated heterocycles. The summed E-state index contributed by atoms with van der Waals surface area (Å²) < 4.78 is 6.84. The molecule has 0 unspecified atom stereocenters. The van der Waals surface area contributed by atoms with Gasteiger partial charge >= 0.3 is 0 Å². The lowest BCUT2D eigenvalue weighted by Gasteiger charge is -2.21. The van der Waals surface area contributed by atoms with E-state index < -0.39 is 6.04 Å². The topological polar surface area (TPSA) is 153 Å². The van der Waals surface area contributed by atoms with E-state index in [0.717, 1.165) is 11.1 Å². The predicted molar refractivity (Wildman–Crippen MR) is 128 cm³/mol. The van der Waals surface area contributed by atoms with Crippen molar-refractivity contribution in [3.63, 3.8) is 0 Å². The van der Waals surface area contributed by atoms with Gasteiger partial charge in [-0.25, -0.2) is 9.97 Å². The molecular weight excluding hydrogens is 458 g/mol. The second-order valence-electron chi connectivity index (χ2n) is 7.85. The Kier molecular flexibility index (Phi) is 5.25. The predicted octanol–water partition coefficient (Wildman–Crippen LogP) is 3.58. The quantitative estimate of drug-likeness (QED) is 0.344. The van der Waals surface area contributed by atoms with Crippen LogP contribution in [-0.2, 0) is 0 Å². The largest absolute Gasteiger partial charge is 0.383 e. The SMILES string of the molecule is Cc1noc(-c2c(N)ncnc2N[C@@H](C)c2cc3ccc(Cl)cc3c(=O)n2-c2cc(C)[nH]n2)n1. The molecule has 0 aliphatic rings. The Labute approximate surface area is 198 Å². The molecule has 0 amide bonds. The molecule has 4 heterocycles. The van der Waals surface area contributed by atoms with E-state index in [-0.39, 0.29) is 17.3 Å². The molecule has 4 N–H and O–H groups in total. The molecule has 0 bridgehead atoms. The highest BCUT2D eigenvalue weighted by Gasteiger charge is 2.22. The maximum Gasteiger partial charge on any atom is 0.265 e. The first-order chi connectivity index (χ1) is 16.3. The molecule has 1 atom stereocenters. The average Bonchev–Trinajstić information content (AvgIpc) is 3.42. The lowest BCUT2D eigenvalue weighted by molar-refractivity contribution is 0.425. The van der Waals surface area contributed by atoms with E-state index in [1.165, 1.54) is 6.33 Å². The highest BCUT2D eigenvalue weighted by atomic mass is 35.5. The van der Waals surface area contributed by atoms with E-state index in [1.54, 1.807) is 29.7 Å². The first kappa shape index (κ1) is 21.6. The number of aromatic nitrogens is 7. The van der Waals surface area contributed by atoms with Gasteiger partial charge in [0.15, 0.2) is 11.6 Å². The zero-order chi connectivity index (χ0) is 24.0. The number of nitrogens with two attached hydrogens (primary N) is 1. The molecule has 0 saturated carbocycles. The van der Waals surface area contributed by atoms with E-state index in [4.69, 9.17) is 21.9 Å². The molecule has 172 valence electrons. The zero-order valence-corrected chi connectivity index (χ0v) is 19.3. The third kappa shape index (κ3) is 3.75. The summed E-state index contributed by atoms with van der Waals surface area (Å²) in [7, 11) is 0. The number of H-pyrrole nitrogens is 1. The standard InChI is InChI=1S/C22H20ClN9O2/c1-10-6-17(30-29-10)32-16(7-13-4-5-14(23)8-15(13)22(32)33)11(2)27-20-18(19(24)25-9-26-20)21-28-12(3)31-34-21/h4-9,11H,1-3H3,(H,29,30)(H3,24,25,26,27)/t11-/m0/s1. The van der Waals surface area contributed by atoms with Crippen LogP contribution in [0.4, 0.5) is 11.6 Å². The minimum atomic E-state index is -0.415. The normalized spacial score (nSPS) is 12.2. The first-order valence-electron chi connectivity index (χ1n) is 10.4. The number of benzene rings is 1. The van der Waals surface area contributed by atoms with Crippen molar-refractivity contribution in [2.45, 2.75) is 26.8 Å². The van der Waals surface area contributed by atoms with E-state index in [1.807, 2.05) is 26.0 Å². The van der Waals surface area contributed by atoms with Crippen molar-refractivity contribution in [3.05, 3.63) is 69.2 Å². The Morgan fingerprint density at radius 1 is 1.21 bits per heavy atom. The van der Waals surface area contributed by atoms with Crippen molar-refractivity contribution in [1.82, 2.24) is 34.9 Å². The molecule has 0 aliphatic carbocycles. The molecule has 0 fully saturated rings. The molecule has 1 aromatic carbocycles. The van der Waals surface area contributed by atoms with Gasteiger partial charge in [-0.05, 0) is 44.4 Å². The van der Waals surface area contributed by atoms with Crippen molar-refractivity contribution in [2.24, 2.45) is 0 Å². The van der Waals surface area contributed by atoms with Crippen LogP contribution in [0, 0.1) is 13.8 Å². The second-order valence-corrected chi connectivity index (χ2v) is 8.28. The lowest BCUT2D eigenvalue weighted by atomic mass is 10.1. The fourth-order valence-electron chi connectivity index (χ4n) is 3.77. The van der Waals surface area contributed by atoms with Crippen molar-refractivity contribution < 1.29 is 4.52 Å². The third-order valence-corrected chi connectivity index (χ3v) is 5.58.